The highest BCUT2D eigenvalue weighted by molar-refractivity contribution is 5.64. The summed E-state index contributed by atoms with van der Waals surface area (Å²) in [6.45, 7) is 5.45. The Labute approximate surface area is 114 Å². The Hall–Kier alpha value is -1.94. The fourth-order valence-corrected chi connectivity index (χ4v) is 1.91. The smallest absolute Gasteiger partial charge is 0.225 e. The average molecular weight is 256 g/mol. The number of hydrogen-bond acceptors (Lipinski definition) is 4. The zero-order chi connectivity index (χ0) is 13.8. The van der Waals surface area contributed by atoms with Crippen LogP contribution in [0.15, 0.2) is 30.5 Å². The molecule has 2 N–H and O–H groups in total. The molecule has 0 amide bonds. The van der Waals surface area contributed by atoms with Crippen LogP contribution in [0.2, 0.25) is 0 Å². The topological polar surface area (TPSA) is 55.0 Å². The lowest BCUT2D eigenvalue weighted by Gasteiger charge is -2.17. The van der Waals surface area contributed by atoms with Crippen LogP contribution in [0.3, 0.4) is 0 Å². The summed E-state index contributed by atoms with van der Waals surface area (Å²) < 4.78 is 0. The summed E-state index contributed by atoms with van der Waals surface area (Å²) in [5.41, 5.74) is 9.99. The van der Waals surface area contributed by atoms with Crippen LogP contribution in [-0.2, 0) is 0 Å². The monoisotopic (exact) mass is 256 g/mol. The molecule has 4 heteroatoms. The molecule has 0 saturated heterocycles. The molecule has 2 rings (SSSR count). The third-order valence-electron chi connectivity index (χ3n) is 3.09. The van der Waals surface area contributed by atoms with Gasteiger partial charge in [0.25, 0.3) is 0 Å². The van der Waals surface area contributed by atoms with Crippen LogP contribution in [-0.4, -0.2) is 30.1 Å². The Morgan fingerprint density at radius 1 is 1.16 bits per heavy atom. The lowest BCUT2D eigenvalue weighted by atomic mass is 10.1. The number of hydrogen-bond donors (Lipinski definition) is 1. The van der Waals surface area contributed by atoms with Gasteiger partial charge in [-0.15, -0.1) is 0 Å². The van der Waals surface area contributed by atoms with Crippen molar-refractivity contribution in [3.63, 3.8) is 0 Å². The van der Waals surface area contributed by atoms with Gasteiger partial charge in [0.05, 0.1) is 5.69 Å². The van der Waals surface area contributed by atoms with Gasteiger partial charge in [-0.1, -0.05) is 29.8 Å². The minimum atomic E-state index is 0.591. The Morgan fingerprint density at radius 2 is 1.84 bits per heavy atom. The van der Waals surface area contributed by atoms with Crippen molar-refractivity contribution in [2.24, 2.45) is 5.73 Å². The first-order chi connectivity index (χ1) is 9.11. The Morgan fingerprint density at radius 3 is 2.47 bits per heavy atom. The van der Waals surface area contributed by atoms with Crippen LogP contribution in [0.1, 0.15) is 11.1 Å². The lowest BCUT2D eigenvalue weighted by molar-refractivity contribution is 0.845. The molecule has 1 aromatic heterocycles. The van der Waals surface area contributed by atoms with Crippen LogP contribution in [0.25, 0.3) is 11.3 Å². The van der Waals surface area contributed by atoms with Gasteiger partial charge in [0.1, 0.15) is 0 Å². The van der Waals surface area contributed by atoms with E-state index in [-0.39, 0.29) is 0 Å². The van der Waals surface area contributed by atoms with E-state index in [2.05, 4.69) is 41.2 Å². The van der Waals surface area contributed by atoms with Crippen LogP contribution >= 0.6 is 0 Å². The summed E-state index contributed by atoms with van der Waals surface area (Å²) >= 11 is 0. The van der Waals surface area contributed by atoms with E-state index in [9.17, 15) is 0 Å². The molecular formula is C15H20N4. The van der Waals surface area contributed by atoms with Crippen LogP contribution in [0, 0.1) is 13.8 Å². The van der Waals surface area contributed by atoms with E-state index in [1.165, 1.54) is 5.56 Å². The standard InChI is InChI=1S/C15H20N4/c1-11-4-6-13(7-5-11)14-12(2)10-17-15(18-14)19(3)9-8-16/h4-7,10H,8-9,16H2,1-3H3. The molecule has 0 spiro atoms. The first-order valence-electron chi connectivity index (χ1n) is 6.43. The van der Waals surface area contributed by atoms with Crippen molar-refractivity contribution in [2.75, 3.05) is 25.0 Å². The summed E-state index contributed by atoms with van der Waals surface area (Å²) in [5.74, 6) is 0.714. The third kappa shape index (κ3) is 3.09. The molecule has 0 bridgehead atoms. The van der Waals surface area contributed by atoms with Gasteiger partial charge in [0.2, 0.25) is 5.95 Å². The van der Waals surface area contributed by atoms with E-state index in [0.717, 1.165) is 23.4 Å². The SMILES string of the molecule is Cc1ccc(-c2nc(N(C)CCN)ncc2C)cc1. The molecule has 0 radical (unpaired) electrons. The van der Waals surface area contributed by atoms with Crippen molar-refractivity contribution in [1.82, 2.24) is 9.97 Å². The highest BCUT2D eigenvalue weighted by Crippen LogP contribution is 2.22. The first-order valence-corrected chi connectivity index (χ1v) is 6.43. The zero-order valence-electron chi connectivity index (χ0n) is 11.7. The number of likely N-dealkylation sites (N-methyl/N-ethyl adjacent to an activating group) is 1. The molecule has 19 heavy (non-hydrogen) atoms. The first kappa shape index (κ1) is 13.5. The highest BCUT2D eigenvalue weighted by Gasteiger charge is 2.09. The molecule has 0 saturated carbocycles. The minimum Gasteiger partial charge on any atom is -0.343 e. The van der Waals surface area contributed by atoms with Gasteiger partial charge >= 0.3 is 0 Å². The number of benzene rings is 1. The van der Waals surface area contributed by atoms with Crippen molar-refractivity contribution in [2.45, 2.75) is 13.8 Å². The van der Waals surface area contributed by atoms with E-state index in [1.807, 2.05) is 25.1 Å². The number of rotatable bonds is 4. The predicted molar refractivity (Wildman–Crippen MR) is 79.3 cm³/mol. The zero-order valence-corrected chi connectivity index (χ0v) is 11.7. The van der Waals surface area contributed by atoms with Crippen molar-refractivity contribution >= 4 is 5.95 Å². The van der Waals surface area contributed by atoms with Gasteiger partial charge < -0.3 is 10.6 Å². The molecule has 0 atom stereocenters. The number of nitrogens with zero attached hydrogens (tertiary/aromatic N) is 3. The normalized spacial score (nSPS) is 10.5. The minimum absolute atomic E-state index is 0.591. The van der Waals surface area contributed by atoms with E-state index >= 15 is 0 Å². The maximum Gasteiger partial charge on any atom is 0.225 e. The van der Waals surface area contributed by atoms with Crippen LogP contribution in [0.5, 0.6) is 0 Å². The van der Waals surface area contributed by atoms with Crippen molar-refractivity contribution in [3.8, 4) is 11.3 Å². The molecule has 2 aromatic rings. The second-order valence-electron chi connectivity index (χ2n) is 4.78. The molecule has 0 aliphatic heterocycles. The lowest BCUT2D eigenvalue weighted by Crippen LogP contribution is -2.26. The van der Waals surface area contributed by atoms with Gasteiger partial charge in [-0.25, -0.2) is 9.97 Å². The molecule has 100 valence electrons. The number of aromatic nitrogens is 2. The molecule has 0 unspecified atom stereocenters. The summed E-state index contributed by atoms with van der Waals surface area (Å²) in [6, 6.07) is 8.38. The maximum absolute atomic E-state index is 5.57. The largest absolute Gasteiger partial charge is 0.343 e. The van der Waals surface area contributed by atoms with Crippen molar-refractivity contribution in [3.05, 3.63) is 41.6 Å². The number of anilines is 1. The molecule has 1 aromatic carbocycles. The third-order valence-corrected chi connectivity index (χ3v) is 3.09. The van der Waals surface area contributed by atoms with E-state index in [0.29, 0.717) is 12.5 Å². The summed E-state index contributed by atoms with van der Waals surface area (Å²) in [5, 5.41) is 0. The van der Waals surface area contributed by atoms with E-state index < -0.39 is 0 Å². The maximum atomic E-state index is 5.57. The Kier molecular flexibility index (Phi) is 4.12. The van der Waals surface area contributed by atoms with Crippen molar-refractivity contribution in [1.29, 1.82) is 0 Å². The van der Waals surface area contributed by atoms with E-state index in [1.54, 1.807) is 0 Å². The van der Waals surface area contributed by atoms with Gasteiger partial charge in [-0.3, -0.25) is 0 Å². The number of nitrogens with two attached hydrogens (primary N) is 1. The molecule has 1 heterocycles. The summed E-state index contributed by atoms with van der Waals surface area (Å²) in [7, 11) is 1.95. The predicted octanol–water partition coefficient (Wildman–Crippen LogP) is 2.16. The van der Waals surface area contributed by atoms with Gasteiger partial charge in [0.15, 0.2) is 0 Å². The van der Waals surface area contributed by atoms with Crippen molar-refractivity contribution < 1.29 is 0 Å². The summed E-state index contributed by atoms with van der Waals surface area (Å²) in [6.07, 6.45) is 1.87. The Balaban J connectivity index is 2.39. The highest BCUT2D eigenvalue weighted by atomic mass is 15.2. The Bertz CT molecular complexity index is 549. The molecule has 4 nitrogen and oxygen atoms in total. The quantitative estimate of drug-likeness (QED) is 0.910. The summed E-state index contributed by atoms with van der Waals surface area (Å²) in [4.78, 5) is 11.0. The van der Waals surface area contributed by atoms with Gasteiger partial charge in [-0.2, -0.15) is 0 Å². The molecule has 0 fully saturated rings. The fraction of sp³-hybridized carbons (Fsp3) is 0.333. The number of aryl methyl sites for hydroxylation is 2. The molecular weight excluding hydrogens is 236 g/mol. The average Bonchev–Trinajstić information content (AvgIpc) is 2.41. The second kappa shape index (κ2) is 5.80. The van der Waals surface area contributed by atoms with Gasteiger partial charge in [0, 0.05) is 31.9 Å². The molecule has 0 aliphatic rings. The van der Waals surface area contributed by atoms with Crippen LogP contribution in [0.4, 0.5) is 5.95 Å². The van der Waals surface area contributed by atoms with Crippen LogP contribution < -0.4 is 10.6 Å². The fourth-order valence-electron chi connectivity index (χ4n) is 1.91. The van der Waals surface area contributed by atoms with Gasteiger partial charge in [-0.05, 0) is 19.4 Å². The second-order valence-corrected chi connectivity index (χ2v) is 4.78. The van der Waals surface area contributed by atoms with E-state index in [4.69, 9.17) is 5.73 Å². The molecule has 0 aliphatic carbocycles.